The first-order valence-electron chi connectivity index (χ1n) is 7.31. The second kappa shape index (κ2) is 4.88. The number of carbonyl (C=O) groups is 2. The molecule has 0 aromatic heterocycles. The molecule has 1 aromatic rings. The van der Waals surface area contributed by atoms with Crippen LogP contribution in [0.5, 0.6) is 0 Å². The Labute approximate surface area is 134 Å². The number of nitrogens with one attached hydrogen (secondary N) is 1. The molecule has 3 rings (SSSR count). The smallest absolute Gasteiger partial charge is 0.410 e. The number of para-hydroxylation sites is 1. The highest BCUT2D eigenvalue weighted by molar-refractivity contribution is 6.34. The SMILES string of the molecule is CC(C)(C)OC(=O)N1CC[C@@]2(C1)C(=O)Nc1c(Cl)cccc12. The predicted octanol–water partition coefficient (Wildman–Crippen LogP) is 3.17. The Morgan fingerprint density at radius 3 is 2.82 bits per heavy atom. The molecule has 118 valence electrons. The zero-order valence-corrected chi connectivity index (χ0v) is 13.7. The summed E-state index contributed by atoms with van der Waals surface area (Å²) in [6, 6.07) is 5.48. The quantitative estimate of drug-likeness (QED) is 0.798. The van der Waals surface area contributed by atoms with Crippen LogP contribution in [-0.4, -0.2) is 35.6 Å². The molecule has 1 fully saturated rings. The summed E-state index contributed by atoms with van der Waals surface area (Å²) in [6.07, 6.45) is 0.193. The van der Waals surface area contributed by atoms with Gasteiger partial charge in [0, 0.05) is 13.1 Å². The van der Waals surface area contributed by atoms with Gasteiger partial charge in [0.25, 0.3) is 0 Å². The average Bonchev–Trinajstić information content (AvgIpc) is 2.95. The van der Waals surface area contributed by atoms with Crippen molar-refractivity contribution in [2.24, 2.45) is 0 Å². The second-order valence-corrected chi connectivity index (χ2v) is 7.26. The van der Waals surface area contributed by atoms with E-state index in [0.29, 0.717) is 30.2 Å². The maximum Gasteiger partial charge on any atom is 0.410 e. The standard InChI is InChI=1S/C16H19ClN2O3/c1-15(2,3)22-14(21)19-8-7-16(9-19)10-5-4-6-11(17)12(10)18-13(16)20/h4-6H,7-9H2,1-3H3,(H,18,20)/t16-/m0/s1. The van der Waals surface area contributed by atoms with Crippen molar-refractivity contribution in [3.8, 4) is 0 Å². The number of amides is 2. The molecule has 2 amide bonds. The fraction of sp³-hybridized carbons (Fsp3) is 0.500. The van der Waals surface area contributed by atoms with E-state index in [2.05, 4.69) is 5.32 Å². The molecule has 0 aliphatic carbocycles. The van der Waals surface area contributed by atoms with Crippen LogP contribution in [0, 0.1) is 0 Å². The maximum absolute atomic E-state index is 12.5. The van der Waals surface area contributed by atoms with Crippen LogP contribution in [0.3, 0.4) is 0 Å². The van der Waals surface area contributed by atoms with Crippen LogP contribution in [0.15, 0.2) is 18.2 Å². The van der Waals surface area contributed by atoms with Gasteiger partial charge in [-0.2, -0.15) is 0 Å². The summed E-state index contributed by atoms with van der Waals surface area (Å²) in [5.41, 5.74) is 0.277. The van der Waals surface area contributed by atoms with Crippen molar-refractivity contribution in [3.63, 3.8) is 0 Å². The molecule has 0 saturated carbocycles. The molecule has 0 radical (unpaired) electrons. The number of likely N-dealkylation sites (tertiary alicyclic amines) is 1. The van der Waals surface area contributed by atoms with Crippen molar-refractivity contribution in [1.82, 2.24) is 4.90 Å². The lowest BCUT2D eigenvalue weighted by molar-refractivity contribution is -0.120. The van der Waals surface area contributed by atoms with Gasteiger partial charge in [-0.3, -0.25) is 4.79 Å². The van der Waals surface area contributed by atoms with Crippen LogP contribution in [0.25, 0.3) is 0 Å². The largest absolute Gasteiger partial charge is 0.444 e. The minimum absolute atomic E-state index is 0.0957. The molecule has 22 heavy (non-hydrogen) atoms. The lowest BCUT2D eigenvalue weighted by Gasteiger charge is -2.26. The third-order valence-corrected chi connectivity index (χ3v) is 4.44. The number of ether oxygens (including phenoxy) is 1. The van der Waals surface area contributed by atoms with E-state index in [1.165, 1.54) is 0 Å². The number of nitrogens with zero attached hydrogens (tertiary/aromatic N) is 1. The molecule has 6 heteroatoms. The van der Waals surface area contributed by atoms with Crippen molar-refractivity contribution in [2.75, 3.05) is 18.4 Å². The molecule has 5 nitrogen and oxygen atoms in total. The van der Waals surface area contributed by atoms with E-state index in [4.69, 9.17) is 16.3 Å². The minimum atomic E-state index is -0.711. The first-order valence-corrected chi connectivity index (χ1v) is 7.69. The number of carbonyl (C=O) groups excluding carboxylic acids is 2. The highest BCUT2D eigenvalue weighted by Crippen LogP contribution is 2.46. The Hall–Kier alpha value is -1.75. The summed E-state index contributed by atoms with van der Waals surface area (Å²) >= 11 is 6.16. The number of benzene rings is 1. The second-order valence-electron chi connectivity index (χ2n) is 6.85. The van der Waals surface area contributed by atoms with Crippen LogP contribution in [-0.2, 0) is 14.9 Å². The Morgan fingerprint density at radius 1 is 1.41 bits per heavy atom. The van der Waals surface area contributed by atoms with Gasteiger partial charge in [0.05, 0.1) is 16.1 Å². The van der Waals surface area contributed by atoms with Gasteiger partial charge in [-0.25, -0.2) is 4.79 Å². The summed E-state index contributed by atoms with van der Waals surface area (Å²) in [5, 5.41) is 3.38. The van der Waals surface area contributed by atoms with Gasteiger partial charge in [0.2, 0.25) is 5.91 Å². The first-order chi connectivity index (χ1) is 10.2. The molecule has 1 spiro atoms. The lowest BCUT2D eigenvalue weighted by atomic mass is 9.81. The van der Waals surface area contributed by atoms with Crippen molar-refractivity contribution in [2.45, 2.75) is 38.2 Å². The highest BCUT2D eigenvalue weighted by Gasteiger charge is 2.53. The minimum Gasteiger partial charge on any atom is -0.444 e. The molecular weight excluding hydrogens is 304 g/mol. The number of anilines is 1. The van der Waals surface area contributed by atoms with Crippen LogP contribution >= 0.6 is 11.6 Å². The van der Waals surface area contributed by atoms with Crippen LogP contribution < -0.4 is 5.32 Å². The zero-order valence-electron chi connectivity index (χ0n) is 12.9. The highest BCUT2D eigenvalue weighted by atomic mass is 35.5. The van der Waals surface area contributed by atoms with Gasteiger partial charge in [0.1, 0.15) is 5.60 Å². The monoisotopic (exact) mass is 322 g/mol. The Morgan fingerprint density at radius 2 is 2.14 bits per heavy atom. The van der Waals surface area contributed by atoms with Gasteiger partial charge in [-0.15, -0.1) is 0 Å². The molecule has 0 bridgehead atoms. The van der Waals surface area contributed by atoms with Crippen molar-refractivity contribution >= 4 is 29.3 Å². The van der Waals surface area contributed by atoms with Crippen molar-refractivity contribution < 1.29 is 14.3 Å². The van der Waals surface area contributed by atoms with Gasteiger partial charge >= 0.3 is 6.09 Å². The summed E-state index contributed by atoms with van der Waals surface area (Å²) in [6.45, 7) is 6.30. The summed E-state index contributed by atoms with van der Waals surface area (Å²) in [4.78, 5) is 26.3. The van der Waals surface area contributed by atoms with Crippen LogP contribution in [0.4, 0.5) is 10.5 Å². The van der Waals surface area contributed by atoms with Crippen LogP contribution in [0.1, 0.15) is 32.8 Å². The predicted molar refractivity (Wildman–Crippen MR) is 84.2 cm³/mol. The molecule has 2 aliphatic rings. The molecular formula is C16H19ClN2O3. The number of rotatable bonds is 0. The molecule has 2 heterocycles. The Kier molecular flexibility index (Phi) is 3.36. The lowest BCUT2D eigenvalue weighted by Crippen LogP contribution is -2.41. The summed E-state index contributed by atoms with van der Waals surface area (Å²) in [5.74, 6) is -0.0957. The normalized spacial score (nSPS) is 23.6. The van der Waals surface area contributed by atoms with Gasteiger partial charge in [-0.1, -0.05) is 23.7 Å². The third kappa shape index (κ3) is 2.33. The van der Waals surface area contributed by atoms with Crippen molar-refractivity contribution in [3.05, 3.63) is 28.8 Å². The Bertz CT molecular complexity index is 653. The van der Waals surface area contributed by atoms with Gasteiger partial charge in [0.15, 0.2) is 0 Å². The van der Waals surface area contributed by atoms with Gasteiger partial charge in [-0.05, 0) is 38.8 Å². The van der Waals surface area contributed by atoms with E-state index in [9.17, 15) is 9.59 Å². The van der Waals surface area contributed by atoms with E-state index >= 15 is 0 Å². The first kappa shape index (κ1) is 15.2. The summed E-state index contributed by atoms with van der Waals surface area (Å²) < 4.78 is 5.40. The van der Waals surface area contributed by atoms with Crippen molar-refractivity contribution in [1.29, 1.82) is 0 Å². The third-order valence-electron chi connectivity index (χ3n) is 4.12. The van der Waals surface area contributed by atoms with Crippen LogP contribution in [0.2, 0.25) is 5.02 Å². The van der Waals surface area contributed by atoms with E-state index in [1.807, 2.05) is 32.9 Å². The molecule has 0 unspecified atom stereocenters. The van der Waals surface area contributed by atoms with E-state index in [-0.39, 0.29) is 12.0 Å². The topological polar surface area (TPSA) is 58.6 Å². The fourth-order valence-electron chi connectivity index (χ4n) is 3.10. The average molecular weight is 323 g/mol. The van der Waals surface area contributed by atoms with E-state index in [1.54, 1.807) is 11.0 Å². The number of fused-ring (bicyclic) bond motifs is 2. The fourth-order valence-corrected chi connectivity index (χ4v) is 3.32. The number of hydrogen-bond donors (Lipinski definition) is 1. The van der Waals surface area contributed by atoms with E-state index in [0.717, 1.165) is 5.56 Å². The maximum atomic E-state index is 12.5. The zero-order chi connectivity index (χ0) is 16.1. The number of halogens is 1. The molecule has 1 aromatic carbocycles. The van der Waals surface area contributed by atoms with Gasteiger partial charge < -0.3 is 15.0 Å². The molecule has 1 saturated heterocycles. The van der Waals surface area contributed by atoms with E-state index < -0.39 is 11.0 Å². The summed E-state index contributed by atoms with van der Waals surface area (Å²) in [7, 11) is 0. The number of hydrogen-bond acceptors (Lipinski definition) is 3. The molecule has 2 aliphatic heterocycles. The molecule has 1 atom stereocenters. The molecule has 1 N–H and O–H groups in total. The Balaban J connectivity index is 1.87.